The summed E-state index contributed by atoms with van der Waals surface area (Å²) >= 11 is 0. The summed E-state index contributed by atoms with van der Waals surface area (Å²) in [5, 5.41) is 11.6. The van der Waals surface area contributed by atoms with Gasteiger partial charge in [0.05, 0.1) is 4.92 Å². The van der Waals surface area contributed by atoms with Gasteiger partial charge in [-0.2, -0.15) is 0 Å². The number of hydrogen-bond donors (Lipinski definition) is 0. The van der Waals surface area contributed by atoms with Crippen molar-refractivity contribution in [2.75, 3.05) is 56.1 Å². The third-order valence-corrected chi connectivity index (χ3v) is 4.17. The van der Waals surface area contributed by atoms with E-state index in [0.717, 1.165) is 52.1 Å². The molecule has 3 heterocycles. The Balaban J connectivity index is 1.95. The van der Waals surface area contributed by atoms with Crippen LogP contribution in [0.4, 0.5) is 17.3 Å². The zero-order valence-electron chi connectivity index (χ0n) is 12.2. The minimum Gasteiger partial charge on any atom is -0.351 e. The molecule has 0 spiro atoms. The fourth-order valence-corrected chi connectivity index (χ4v) is 2.93. The Morgan fingerprint density at radius 3 is 2.05 bits per heavy atom. The van der Waals surface area contributed by atoms with Crippen LogP contribution in [0.5, 0.6) is 0 Å². The maximum Gasteiger partial charge on any atom is 0.353 e. The fraction of sp³-hybridized carbons (Fsp3) is 0.692. The highest BCUT2D eigenvalue weighted by molar-refractivity contribution is 5.71. The van der Waals surface area contributed by atoms with Crippen LogP contribution in [0.2, 0.25) is 0 Å². The molecule has 0 bridgehead atoms. The highest BCUT2D eigenvalue weighted by Crippen LogP contribution is 2.35. The first-order chi connectivity index (χ1) is 10.2. The molecule has 1 aromatic heterocycles. The molecule has 0 saturated carbocycles. The van der Waals surface area contributed by atoms with Crippen LogP contribution in [0.3, 0.4) is 0 Å². The van der Waals surface area contributed by atoms with Crippen molar-refractivity contribution >= 4 is 17.3 Å². The lowest BCUT2D eigenvalue weighted by Crippen LogP contribution is -2.45. The fourth-order valence-electron chi connectivity index (χ4n) is 2.93. The summed E-state index contributed by atoms with van der Waals surface area (Å²) in [6.07, 6.45) is 3.57. The van der Waals surface area contributed by atoms with Crippen LogP contribution in [0.25, 0.3) is 0 Å². The van der Waals surface area contributed by atoms with Gasteiger partial charge >= 0.3 is 5.69 Å². The van der Waals surface area contributed by atoms with E-state index in [-0.39, 0.29) is 10.6 Å². The molecule has 3 rings (SSSR count). The van der Waals surface area contributed by atoms with Crippen molar-refractivity contribution in [3.05, 3.63) is 16.4 Å². The van der Waals surface area contributed by atoms with Crippen molar-refractivity contribution < 1.29 is 4.92 Å². The molecule has 2 fully saturated rings. The molecule has 2 aliphatic rings. The highest BCUT2D eigenvalue weighted by Gasteiger charge is 2.31. The predicted octanol–water partition coefficient (Wildman–Crippen LogP) is 0.737. The molecule has 8 nitrogen and oxygen atoms in total. The molecule has 2 aliphatic heterocycles. The van der Waals surface area contributed by atoms with Crippen LogP contribution in [-0.4, -0.2) is 66.1 Å². The molecular weight excluding hydrogens is 272 g/mol. The van der Waals surface area contributed by atoms with E-state index in [2.05, 4.69) is 21.9 Å². The van der Waals surface area contributed by atoms with Crippen molar-refractivity contribution in [1.82, 2.24) is 14.9 Å². The van der Waals surface area contributed by atoms with Gasteiger partial charge in [-0.3, -0.25) is 10.1 Å². The van der Waals surface area contributed by atoms with Crippen LogP contribution in [0.15, 0.2) is 6.33 Å². The van der Waals surface area contributed by atoms with E-state index >= 15 is 0 Å². The maximum atomic E-state index is 11.6. The van der Waals surface area contributed by atoms with E-state index in [1.807, 2.05) is 9.80 Å². The first-order valence-electron chi connectivity index (χ1n) is 7.34. The standard InChI is InChI=1S/C13H20N6O2/c1-16-6-8-18(9-7-16)13-11(19(20)21)12(14-10-15-13)17-4-2-3-5-17/h10H,2-9H2,1H3. The first kappa shape index (κ1) is 14.0. The van der Waals surface area contributed by atoms with Crippen LogP contribution < -0.4 is 9.80 Å². The summed E-state index contributed by atoms with van der Waals surface area (Å²) in [6.45, 7) is 4.96. The number of nitro groups is 1. The molecule has 0 N–H and O–H groups in total. The van der Waals surface area contributed by atoms with Gasteiger partial charge in [-0.15, -0.1) is 0 Å². The number of nitrogens with zero attached hydrogens (tertiary/aromatic N) is 6. The summed E-state index contributed by atoms with van der Waals surface area (Å²) in [7, 11) is 2.06. The Hall–Kier alpha value is -1.96. The SMILES string of the molecule is CN1CCN(c2ncnc(N3CCCC3)c2[N+](=O)[O-])CC1. The van der Waals surface area contributed by atoms with Crippen molar-refractivity contribution in [1.29, 1.82) is 0 Å². The van der Waals surface area contributed by atoms with Gasteiger partial charge in [0.2, 0.25) is 11.6 Å². The zero-order chi connectivity index (χ0) is 14.8. The monoisotopic (exact) mass is 292 g/mol. The van der Waals surface area contributed by atoms with Crippen LogP contribution in [0, 0.1) is 10.1 Å². The Morgan fingerprint density at radius 1 is 1.00 bits per heavy atom. The molecule has 114 valence electrons. The quantitative estimate of drug-likeness (QED) is 0.600. The van der Waals surface area contributed by atoms with Gasteiger partial charge in [0.25, 0.3) is 0 Å². The van der Waals surface area contributed by atoms with Gasteiger partial charge in [0.15, 0.2) is 0 Å². The second-order valence-electron chi connectivity index (χ2n) is 5.61. The lowest BCUT2D eigenvalue weighted by atomic mass is 10.3. The summed E-state index contributed by atoms with van der Waals surface area (Å²) in [4.78, 5) is 25.8. The van der Waals surface area contributed by atoms with Crippen LogP contribution in [-0.2, 0) is 0 Å². The Kier molecular flexibility index (Phi) is 3.87. The van der Waals surface area contributed by atoms with Gasteiger partial charge in [-0.1, -0.05) is 0 Å². The largest absolute Gasteiger partial charge is 0.353 e. The Bertz CT molecular complexity index is 523. The molecule has 0 aliphatic carbocycles. The molecule has 2 saturated heterocycles. The molecule has 1 aromatic rings. The predicted molar refractivity (Wildman–Crippen MR) is 79.8 cm³/mol. The molecule has 0 atom stereocenters. The molecule has 0 aromatic carbocycles. The number of hydrogen-bond acceptors (Lipinski definition) is 7. The zero-order valence-corrected chi connectivity index (χ0v) is 12.2. The molecule has 21 heavy (non-hydrogen) atoms. The van der Waals surface area contributed by atoms with Gasteiger partial charge in [-0.25, -0.2) is 9.97 Å². The van der Waals surface area contributed by atoms with E-state index < -0.39 is 0 Å². The lowest BCUT2D eigenvalue weighted by molar-refractivity contribution is -0.383. The average molecular weight is 292 g/mol. The first-order valence-corrected chi connectivity index (χ1v) is 7.34. The summed E-state index contributed by atoms with van der Waals surface area (Å²) in [5.74, 6) is 0.937. The third kappa shape index (κ3) is 2.76. The number of rotatable bonds is 3. The van der Waals surface area contributed by atoms with Gasteiger partial charge in [-0.05, 0) is 19.9 Å². The molecule has 0 radical (unpaired) electrons. The Labute approximate surface area is 123 Å². The van der Waals surface area contributed by atoms with E-state index in [0.29, 0.717) is 11.6 Å². The second-order valence-corrected chi connectivity index (χ2v) is 5.61. The Morgan fingerprint density at radius 2 is 1.52 bits per heavy atom. The van der Waals surface area contributed by atoms with Crippen molar-refractivity contribution in [2.45, 2.75) is 12.8 Å². The minimum atomic E-state index is -0.332. The van der Waals surface area contributed by atoms with E-state index in [1.165, 1.54) is 6.33 Å². The molecule has 8 heteroatoms. The van der Waals surface area contributed by atoms with Crippen LogP contribution in [0.1, 0.15) is 12.8 Å². The molecule has 0 amide bonds. The van der Waals surface area contributed by atoms with Gasteiger partial charge in [0.1, 0.15) is 6.33 Å². The minimum absolute atomic E-state index is 0.0592. The number of piperazine rings is 1. The number of anilines is 2. The van der Waals surface area contributed by atoms with E-state index in [1.54, 1.807) is 0 Å². The molecule has 0 unspecified atom stereocenters. The second kappa shape index (κ2) is 5.80. The van der Waals surface area contributed by atoms with Crippen molar-refractivity contribution in [2.24, 2.45) is 0 Å². The van der Waals surface area contributed by atoms with Gasteiger partial charge < -0.3 is 14.7 Å². The molecular formula is C13H20N6O2. The smallest absolute Gasteiger partial charge is 0.351 e. The lowest BCUT2D eigenvalue weighted by Gasteiger charge is -2.33. The van der Waals surface area contributed by atoms with Crippen molar-refractivity contribution in [3.8, 4) is 0 Å². The average Bonchev–Trinajstić information content (AvgIpc) is 3.01. The van der Waals surface area contributed by atoms with E-state index in [9.17, 15) is 10.1 Å². The van der Waals surface area contributed by atoms with Crippen LogP contribution >= 0.6 is 0 Å². The summed E-state index contributed by atoms with van der Waals surface area (Å²) in [5.41, 5.74) is 0.0592. The van der Waals surface area contributed by atoms with Crippen molar-refractivity contribution in [3.63, 3.8) is 0 Å². The number of aromatic nitrogens is 2. The highest BCUT2D eigenvalue weighted by atomic mass is 16.6. The van der Waals surface area contributed by atoms with Gasteiger partial charge in [0, 0.05) is 39.3 Å². The number of likely N-dealkylation sites (N-methyl/N-ethyl adjacent to an activating group) is 1. The maximum absolute atomic E-state index is 11.6. The summed E-state index contributed by atoms with van der Waals surface area (Å²) in [6, 6.07) is 0. The topological polar surface area (TPSA) is 78.6 Å². The van der Waals surface area contributed by atoms with E-state index in [4.69, 9.17) is 0 Å². The third-order valence-electron chi connectivity index (χ3n) is 4.17. The summed E-state index contributed by atoms with van der Waals surface area (Å²) < 4.78 is 0. The normalized spacial score (nSPS) is 20.0.